The molecule has 3 heterocycles. The van der Waals surface area contributed by atoms with Crippen molar-refractivity contribution in [1.82, 2.24) is 10.3 Å². The second kappa shape index (κ2) is 5.02. The summed E-state index contributed by atoms with van der Waals surface area (Å²) in [4.78, 5) is 3.38. The average molecular weight is 272 g/mol. The van der Waals surface area contributed by atoms with Crippen molar-refractivity contribution in [3.63, 3.8) is 0 Å². The third kappa shape index (κ3) is 2.14. The van der Waals surface area contributed by atoms with E-state index >= 15 is 0 Å². The van der Waals surface area contributed by atoms with Crippen LogP contribution in [0.5, 0.6) is 11.5 Å². The summed E-state index contributed by atoms with van der Waals surface area (Å²) in [5.41, 5.74) is 2.56. The predicted molar refractivity (Wildman–Crippen MR) is 78.6 cm³/mol. The van der Waals surface area contributed by atoms with Crippen molar-refractivity contribution < 1.29 is 9.47 Å². The van der Waals surface area contributed by atoms with Crippen LogP contribution in [-0.2, 0) is 6.42 Å². The molecule has 0 amide bonds. The second-order valence-electron chi connectivity index (χ2n) is 5.75. The zero-order valence-corrected chi connectivity index (χ0v) is 11.6. The first-order chi connectivity index (χ1) is 9.90. The minimum atomic E-state index is 0.640. The molecule has 4 heteroatoms. The number of ether oxygens (including phenoxy) is 2. The molecule has 4 nitrogen and oxygen atoms in total. The van der Waals surface area contributed by atoms with E-state index in [0.29, 0.717) is 13.2 Å². The Morgan fingerprint density at radius 1 is 1.05 bits per heavy atom. The van der Waals surface area contributed by atoms with Gasteiger partial charge in [0.15, 0.2) is 11.5 Å². The molecule has 0 aliphatic carbocycles. The molecule has 2 aliphatic heterocycles. The lowest BCUT2D eigenvalue weighted by molar-refractivity contribution is 0.172. The monoisotopic (exact) mass is 272 g/mol. The van der Waals surface area contributed by atoms with Crippen LogP contribution in [0.1, 0.15) is 18.4 Å². The number of hydrogen-bond acceptors (Lipinski definition) is 3. The van der Waals surface area contributed by atoms with E-state index in [1.807, 2.05) is 0 Å². The van der Waals surface area contributed by atoms with Gasteiger partial charge in [0.05, 0.1) is 0 Å². The number of aromatic amines is 1. The van der Waals surface area contributed by atoms with Crippen molar-refractivity contribution >= 4 is 10.9 Å². The topological polar surface area (TPSA) is 46.3 Å². The second-order valence-corrected chi connectivity index (χ2v) is 5.75. The molecule has 0 bridgehead atoms. The molecular weight excluding hydrogens is 252 g/mol. The van der Waals surface area contributed by atoms with E-state index in [9.17, 15) is 0 Å². The van der Waals surface area contributed by atoms with E-state index in [2.05, 4.69) is 28.6 Å². The molecule has 0 radical (unpaired) electrons. The highest BCUT2D eigenvalue weighted by Gasteiger charge is 2.18. The molecule has 1 aromatic carbocycles. The fraction of sp³-hybridized carbons (Fsp3) is 0.500. The number of aromatic nitrogens is 1. The van der Waals surface area contributed by atoms with Crippen molar-refractivity contribution in [2.75, 3.05) is 26.3 Å². The summed E-state index contributed by atoms with van der Waals surface area (Å²) in [5, 5.41) is 4.71. The van der Waals surface area contributed by atoms with Crippen LogP contribution in [0.3, 0.4) is 0 Å². The van der Waals surface area contributed by atoms with E-state index in [0.717, 1.165) is 42.4 Å². The summed E-state index contributed by atoms with van der Waals surface area (Å²) in [5.74, 6) is 2.54. The third-order valence-corrected chi connectivity index (χ3v) is 4.40. The molecule has 0 saturated carbocycles. The number of fused-ring (bicyclic) bond motifs is 2. The Morgan fingerprint density at radius 2 is 1.80 bits per heavy atom. The first-order valence-corrected chi connectivity index (χ1v) is 7.50. The molecule has 106 valence electrons. The van der Waals surface area contributed by atoms with Gasteiger partial charge < -0.3 is 19.8 Å². The maximum atomic E-state index is 5.70. The van der Waals surface area contributed by atoms with E-state index in [4.69, 9.17) is 9.47 Å². The number of rotatable bonds is 2. The number of hydrogen-bond donors (Lipinski definition) is 2. The molecule has 2 aromatic rings. The van der Waals surface area contributed by atoms with Gasteiger partial charge in [-0.25, -0.2) is 0 Å². The quantitative estimate of drug-likeness (QED) is 0.883. The zero-order chi connectivity index (χ0) is 13.4. The lowest BCUT2D eigenvalue weighted by atomic mass is 9.91. The van der Waals surface area contributed by atoms with Crippen LogP contribution in [0.25, 0.3) is 10.9 Å². The normalized spacial score (nSPS) is 19.4. The number of piperidine rings is 1. The van der Waals surface area contributed by atoms with E-state index in [1.54, 1.807) is 0 Å². The first kappa shape index (κ1) is 12.1. The molecule has 1 saturated heterocycles. The van der Waals surface area contributed by atoms with Gasteiger partial charge in [-0.15, -0.1) is 0 Å². The van der Waals surface area contributed by atoms with Gasteiger partial charge in [0.25, 0.3) is 0 Å². The van der Waals surface area contributed by atoms with Crippen molar-refractivity contribution in [2.45, 2.75) is 19.3 Å². The molecule has 20 heavy (non-hydrogen) atoms. The maximum absolute atomic E-state index is 5.70. The molecule has 0 spiro atoms. The minimum Gasteiger partial charge on any atom is -0.486 e. The Bertz CT molecular complexity index is 614. The number of nitrogens with one attached hydrogen (secondary N) is 2. The van der Waals surface area contributed by atoms with Crippen molar-refractivity contribution in [1.29, 1.82) is 0 Å². The van der Waals surface area contributed by atoms with Crippen LogP contribution in [0, 0.1) is 5.92 Å². The van der Waals surface area contributed by atoms with Crippen LogP contribution in [0.4, 0.5) is 0 Å². The van der Waals surface area contributed by atoms with Gasteiger partial charge in [-0.3, -0.25) is 0 Å². The Labute approximate surface area is 118 Å². The van der Waals surface area contributed by atoms with Gasteiger partial charge >= 0.3 is 0 Å². The predicted octanol–water partition coefficient (Wildman–Crippen LogP) is 2.48. The van der Waals surface area contributed by atoms with Crippen LogP contribution in [0.2, 0.25) is 0 Å². The Balaban J connectivity index is 1.65. The summed E-state index contributed by atoms with van der Waals surface area (Å²) in [7, 11) is 0. The summed E-state index contributed by atoms with van der Waals surface area (Å²) >= 11 is 0. The molecule has 2 N–H and O–H groups in total. The fourth-order valence-corrected chi connectivity index (χ4v) is 3.28. The van der Waals surface area contributed by atoms with Gasteiger partial charge in [0.2, 0.25) is 0 Å². The Hall–Kier alpha value is -1.68. The smallest absolute Gasteiger partial charge is 0.163 e. The molecule has 4 rings (SSSR count). The Morgan fingerprint density at radius 3 is 2.60 bits per heavy atom. The highest BCUT2D eigenvalue weighted by Crippen LogP contribution is 2.36. The maximum Gasteiger partial charge on any atom is 0.163 e. The molecular formula is C16H20N2O2. The van der Waals surface area contributed by atoms with Crippen molar-refractivity contribution in [3.8, 4) is 11.5 Å². The fourth-order valence-electron chi connectivity index (χ4n) is 3.28. The zero-order valence-electron chi connectivity index (χ0n) is 11.6. The lowest BCUT2D eigenvalue weighted by Gasteiger charge is -2.22. The largest absolute Gasteiger partial charge is 0.486 e. The van der Waals surface area contributed by atoms with E-state index in [-0.39, 0.29) is 0 Å². The highest BCUT2D eigenvalue weighted by atomic mass is 16.6. The summed E-state index contributed by atoms with van der Waals surface area (Å²) in [6.07, 6.45) is 5.86. The average Bonchev–Trinajstić information content (AvgIpc) is 2.88. The van der Waals surface area contributed by atoms with Crippen LogP contribution in [-0.4, -0.2) is 31.3 Å². The first-order valence-electron chi connectivity index (χ1n) is 7.50. The number of H-pyrrole nitrogens is 1. The van der Waals surface area contributed by atoms with E-state index in [1.165, 1.54) is 23.8 Å². The third-order valence-electron chi connectivity index (χ3n) is 4.40. The molecule has 0 unspecified atom stereocenters. The summed E-state index contributed by atoms with van der Waals surface area (Å²) in [6.45, 7) is 3.59. The van der Waals surface area contributed by atoms with Crippen LogP contribution < -0.4 is 14.8 Å². The van der Waals surface area contributed by atoms with Gasteiger partial charge in [-0.2, -0.15) is 0 Å². The van der Waals surface area contributed by atoms with Crippen LogP contribution >= 0.6 is 0 Å². The van der Waals surface area contributed by atoms with Gasteiger partial charge in [-0.05, 0) is 49.9 Å². The highest BCUT2D eigenvalue weighted by molar-refractivity contribution is 5.86. The van der Waals surface area contributed by atoms with Gasteiger partial charge in [-0.1, -0.05) is 0 Å². The van der Waals surface area contributed by atoms with Crippen LogP contribution in [0.15, 0.2) is 18.3 Å². The molecule has 1 fully saturated rings. The van der Waals surface area contributed by atoms with Gasteiger partial charge in [0.1, 0.15) is 13.2 Å². The Kier molecular flexibility index (Phi) is 3.03. The molecule has 1 aromatic heterocycles. The van der Waals surface area contributed by atoms with Gasteiger partial charge in [0, 0.05) is 23.2 Å². The number of benzene rings is 1. The minimum absolute atomic E-state index is 0.640. The standard InChI is InChI=1S/C16H20N2O2/c1-3-17-4-2-11(1)7-12-10-18-14-9-16-15(8-13(12)14)19-5-6-20-16/h8-11,17-18H,1-7H2. The molecule has 2 aliphatic rings. The van der Waals surface area contributed by atoms with Crippen molar-refractivity contribution in [3.05, 3.63) is 23.9 Å². The lowest BCUT2D eigenvalue weighted by Crippen LogP contribution is -2.28. The SMILES string of the molecule is c1[nH]c2cc3c(cc2c1CC1CCNCC1)OCCO3. The van der Waals surface area contributed by atoms with Crippen molar-refractivity contribution in [2.24, 2.45) is 5.92 Å². The van der Waals surface area contributed by atoms with E-state index < -0.39 is 0 Å². The summed E-state index contributed by atoms with van der Waals surface area (Å²) in [6, 6.07) is 4.20. The molecule has 0 atom stereocenters. The summed E-state index contributed by atoms with van der Waals surface area (Å²) < 4.78 is 11.3.